The van der Waals surface area contributed by atoms with Crippen LogP contribution in [0.25, 0.3) is 0 Å². The Kier molecular flexibility index (Phi) is 5.72. The summed E-state index contributed by atoms with van der Waals surface area (Å²) in [7, 11) is -2.56. The predicted molar refractivity (Wildman–Crippen MR) is 82.7 cm³/mol. The van der Waals surface area contributed by atoms with Gasteiger partial charge in [0.15, 0.2) is 0 Å². The maximum Gasteiger partial charge on any atom is 0.243 e. The van der Waals surface area contributed by atoms with E-state index in [1.807, 2.05) is 0 Å². The third-order valence-electron chi connectivity index (χ3n) is 4.25. The fourth-order valence-corrected chi connectivity index (χ4v) is 4.02. The minimum Gasteiger partial charge on any atom is -0.384 e. The van der Waals surface area contributed by atoms with E-state index in [0.29, 0.717) is 6.61 Å². The maximum absolute atomic E-state index is 13.9. The number of hydrogen-bond donors (Lipinski definition) is 2. The van der Waals surface area contributed by atoms with Crippen molar-refractivity contribution in [3.8, 4) is 0 Å². The van der Waals surface area contributed by atoms with E-state index in [4.69, 9.17) is 4.74 Å². The number of sulfonamides is 1. The van der Waals surface area contributed by atoms with Gasteiger partial charge in [-0.2, -0.15) is 0 Å². The molecule has 1 aliphatic heterocycles. The summed E-state index contributed by atoms with van der Waals surface area (Å²) in [6.07, 6.45) is 1.49. The van der Waals surface area contributed by atoms with Crippen LogP contribution in [0.3, 0.4) is 0 Å². The lowest BCUT2D eigenvalue weighted by Crippen LogP contribution is -2.47. The van der Waals surface area contributed by atoms with Gasteiger partial charge in [0.05, 0.1) is 6.61 Å². The van der Waals surface area contributed by atoms with Gasteiger partial charge in [-0.1, -0.05) is 0 Å². The Labute approximate surface area is 135 Å². The van der Waals surface area contributed by atoms with E-state index in [1.165, 1.54) is 6.92 Å². The molecule has 1 aromatic carbocycles. The number of hydrogen-bond acceptors (Lipinski definition) is 4. The molecular formula is C15H22F2N2O3S. The number of aryl methyl sites for hydroxylation is 1. The van der Waals surface area contributed by atoms with Crippen molar-refractivity contribution >= 4 is 10.0 Å². The van der Waals surface area contributed by atoms with Crippen LogP contribution in [0.2, 0.25) is 0 Å². The van der Waals surface area contributed by atoms with E-state index in [-0.39, 0.29) is 17.5 Å². The minimum absolute atomic E-state index is 0.0654. The zero-order chi connectivity index (χ0) is 17.1. The van der Waals surface area contributed by atoms with Gasteiger partial charge in [-0.15, -0.1) is 0 Å². The third-order valence-corrected chi connectivity index (χ3v) is 5.67. The third kappa shape index (κ3) is 4.26. The SMILES string of the molecule is COCC1(CNS(=O)(=O)c2cc(F)c(C)cc2F)CCNCC1. The number of ether oxygens (including phenoxy) is 1. The van der Waals surface area contributed by atoms with Crippen molar-refractivity contribution in [2.24, 2.45) is 5.41 Å². The first-order chi connectivity index (χ1) is 10.8. The quantitative estimate of drug-likeness (QED) is 0.819. The molecule has 1 fully saturated rings. The first-order valence-corrected chi connectivity index (χ1v) is 8.93. The van der Waals surface area contributed by atoms with Crippen LogP contribution in [-0.4, -0.2) is 41.8 Å². The number of rotatable bonds is 6. The van der Waals surface area contributed by atoms with E-state index in [9.17, 15) is 17.2 Å². The number of methoxy groups -OCH3 is 1. The Bertz CT molecular complexity index is 653. The molecule has 1 aromatic rings. The normalized spacial score (nSPS) is 18.1. The topological polar surface area (TPSA) is 67.4 Å². The molecule has 0 atom stereocenters. The van der Waals surface area contributed by atoms with Gasteiger partial charge in [-0.25, -0.2) is 21.9 Å². The molecule has 8 heteroatoms. The van der Waals surface area contributed by atoms with Gasteiger partial charge in [0.2, 0.25) is 10.0 Å². The molecule has 0 bridgehead atoms. The first kappa shape index (κ1) is 18.3. The summed E-state index contributed by atoms with van der Waals surface area (Å²) in [5.41, 5.74) is -0.275. The molecule has 0 unspecified atom stereocenters. The zero-order valence-electron chi connectivity index (χ0n) is 13.3. The molecule has 0 saturated carbocycles. The van der Waals surface area contributed by atoms with Gasteiger partial charge < -0.3 is 10.1 Å². The molecule has 1 heterocycles. The van der Waals surface area contributed by atoms with Gasteiger partial charge in [0.1, 0.15) is 16.5 Å². The Morgan fingerprint density at radius 2 is 1.91 bits per heavy atom. The second kappa shape index (κ2) is 7.21. The molecule has 130 valence electrons. The Morgan fingerprint density at radius 1 is 1.26 bits per heavy atom. The Morgan fingerprint density at radius 3 is 2.52 bits per heavy atom. The van der Waals surface area contributed by atoms with Gasteiger partial charge in [0.25, 0.3) is 0 Å². The van der Waals surface area contributed by atoms with Crippen molar-refractivity contribution in [3.05, 3.63) is 29.3 Å². The minimum atomic E-state index is -4.13. The predicted octanol–water partition coefficient (Wildman–Crippen LogP) is 1.57. The lowest BCUT2D eigenvalue weighted by atomic mass is 9.80. The summed E-state index contributed by atoms with van der Waals surface area (Å²) >= 11 is 0. The Balaban J connectivity index is 2.19. The summed E-state index contributed by atoms with van der Waals surface area (Å²) in [6, 6.07) is 1.61. The van der Waals surface area contributed by atoms with Crippen LogP contribution >= 0.6 is 0 Å². The fourth-order valence-electron chi connectivity index (χ4n) is 2.80. The van der Waals surface area contributed by atoms with Crippen LogP contribution in [0.4, 0.5) is 8.78 Å². The number of piperidine rings is 1. The molecule has 23 heavy (non-hydrogen) atoms. The molecule has 1 saturated heterocycles. The second-order valence-corrected chi connectivity index (χ2v) is 7.77. The fraction of sp³-hybridized carbons (Fsp3) is 0.600. The number of nitrogens with one attached hydrogen (secondary N) is 2. The van der Waals surface area contributed by atoms with Crippen molar-refractivity contribution < 1.29 is 21.9 Å². The van der Waals surface area contributed by atoms with Gasteiger partial charge in [-0.3, -0.25) is 0 Å². The molecule has 0 aromatic heterocycles. The van der Waals surface area contributed by atoms with Crippen molar-refractivity contribution in [1.82, 2.24) is 10.0 Å². The van der Waals surface area contributed by atoms with Gasteiger partial charge in [0, 0.05) is 19.1 Å². The first-order valence-electron chi connectivity index (χ1n) is 7.45. The average Bonchev–Trinajstić information content (AvgIpc) is 2.50. The van der Waals surface area contributed by atoms with Crippen LogP contribution in [0.15, 0.2) is 17.0 Å². The smallest absolute Gasteiger partial charge is 0.243 e. The monoisotopic (exact) mass is 348 g/mol. The summed E-state index contributed by atoms with van der Waals surface area (Å²) in [4.78, 5) is -0.665. The average molecular weight is 348 g/mol. The Hall–Kier alpha value is -1.09. The highest BCUT2D eigenvalue weighted by Gasteiger charge is 2.34. The molecule has 0 amide bonds. The highest BCUT2D eigenvalue weighted by molar-refractivity contribution is 7.89. The highest BCUT2D eigenvalue weighted by Crippen LogP contribution is 2.29. The summed E-state index contributed by atoms with van der Waals surface area (Å²) in [5, 5.41) is 3.21. The molecule has 1 aliphatic rings. The largest absolute Gasteiger partial charge is 0.384 e. The van der Waals surface area contributed by atoms with E-state index in [1.54, 1.807) is 7.11 Å². The lowest BCUT2D eigenvalue weighted by molar-refractivity contribution is 0.0577. The van der Waals surface area contributed by atoms with E-state index in [2.05, 4.69) is 10.0 Å². The van der Waals surface area contributed by atoms with Crippen LogP contribution in [0.1, 0.15) is 18.4 Å². The van der Waals surface area contributed by atoms with E-state index >= 15 is 0 Å². The summed E-state index contributed by atoms with van der Waals surface area (Å²) in [6.45, 7) is 3.43. The second-order valence-electron chi connectivity index (χ2n) is 6.04. The van der Waals surface area contributed by atoms with Crippen molar-refractivity contribution in [3.63, 3.8) is 0 Å². The molecule has 5 nitrogen and oxygen atoms in total. The van der Waals surface area contributed by atoms with Crippen molar-refractivity contribution in [2.45, 2.75) is 24.7 Å². The number of benzene rings is 1. The van der Waals surface area contributed by atoms with Crippen LogP contribution in [0.5, 0.6) is 0 Å². The maximum atomic E-state index is 13.9. The summed E-state index contributed by atoms with van der Waals surface area (Å²) in [5.74, 6) is -1.71. The van der Waals surface area contributed by atoms with Crippen molar-refractivity contribution in [2.75, 3.05) is 33.4 Å². The van der Waals surface area contributed by atoms with Gasteiger partial charge in [-0.05, 0) is 50.6 Å². The lowest BCUT2D eigenvalue weighted by Gasteiger charge is -2.37. The molecule has 0 radical (unpaired) electrons. The summed E-state index contributed by atoms with van der Waals surface area (Å²) < 4.78 is 59.8. The van der Waals surface area contributed by atoms with Crippen molar-refractivity contribution in [1.29, 1.82) is 0 Å². The van der Waals surface area contributed by atoms with Crippen LogP contribution < -0.4 is 10.0 Å². The van der Waals surface area contributed by atoms with E-state index in [0.717, 1.165) is 38.1 Å². The van der Waals surface area contributed by atoms with Gasteiger partial charge >= 0.3 is 0 Å². The standard InChI is InChI=1S/C15H22F2N2O3S/c1-11-7-13(17)14(8-12(11)16)23(20,21)19-9-15(10-22-2)3-5-18-6-4-15/h7-8,18-19H,3-6,9-10H2,1-2H3. The van der Waals surface area contributed by atoms with E-state index < -0.39 is 26.6 Å². The van der Waals surface area contributed by atoms with Crippen LogP contribution in [-0.2, 0) is 14.8 Å². The molecule has 2 N–H and O–H groups in total. The molecule has 0 aliphatic carbocycles. The zero-order valence-corrected chi connectivity index (χ0v) is 14.1. The highest BCUT2D eigenvalue weighted by atomic mass is 32.2. The number of halogens is 2. The van der Waals surface area contributed by atoms with Crippen LogP contribution in [0, 0.1) is 24.0 Å². The molecular weight excluding hydrogens is 326 g/mol. The molecule has 0 spiro atoms. The molecule has 2 rings (SSSR count).